The van der Waals surface area contributed by atoms with Crippen LogP contribution in [-0.4, -0.2) is 11.3 Å². The molecule has 7 heteroatoms. The molecular weight excluding hydrogens is 312 g/mol. The summed E-state index contributed by atoms with van der Waals surface area (Å²) in [6.07, 6.45) is -4.72. The van der Waals surface area contributed by atoms with Gasteiger partial charge in [0.1, 0.15) is 17.4 Å². The lowest BCUT2D eigenvalue weighted by molar-refractivity contribution is -0.274. The van der Waals surface area contributed by atoms with E-state index in [0.29, 0.717) is 22.4 Å². The molecule has 0 spiro atoms. The molecule has 0 unspecified atom stereocenters. The Morgan fingerprint density at radius 3 is 2.35 bits per heavy atom. The maximum Gasteiger partial charge on any atom is 0.573 e. The third kappa shape index (κ3) is 3.88. The van der Waals surface area contributed by atoms with Gasteiger partial charge in [-0.15, -0.1) is 13.2 Å². The first-order valence-electron chi connectivity index (χ1n) is 6.58. The molecule has 0 bridgehead atoms. The number of aromatic nitrogens is 1. The number of alkyl halides is 3. The number of fused-ring (bicyclic) bond motifs is 1. The highest BCUT2D eigenvalue weighted by Gasteiger charge is 2.30. The van der Waals surface area contributed by atoms with Crippen molar-refractivity contribution in [1.82, 2.24) is 4.98 Å². The highest BCUT2D eigenvalue weighted by Crippen LogP contribution is 2.25. The Morgan fingerprint density at radius 2 is 1.65 bits per heavy atom. The molecule has 0 aliphatic heterocycles. The normalized spacial score (nSPS) is 11.5. The van der Waals surface area contributed by atoms with Crippen molar-refractivity contribution in [3.05, 3.63) is 60.4 Å². The predicted octanol–water partition coefficient (Wildman–Crippen LogP) is 5.02. The Bertz CT molecular complexity index is 832. The van der Waals surface area contributed by atoms with Gasteiger partial charge in [0.05, 0.1) is 5.52 Å². The quantitative estimate of drug-likeness (QED) is 0.688. The van der Waals surface area contributed by atoms with E-state index in [1.165, 1.54) is 36.4 Å². The molecule has 118 valence electrons. The summed E-state index contributed by atoms with van der Waals surface area (Å²) in [7, 11) is 0. The zero-order valence-electron chi connectivity index (χ0n) is 11.6. The maximum atomic E-state index is 13.1. The van der Waals surface area contributed by atoms with Crippen LogP contribution in [0.15, 0.2) is 54.6 Å². The van der Waals surface area contributed by atoms with E-state index in [1.54, 1.807) is 18.2 Å². The van der Waals surface area contributed by atoms with Gasteiger partial charge in [-0.1, -0.05) is 0 Å². The van der Waals surface area contributed by atoms with Gasteiger partial charge in [-0.2, -0.15) is 0 Å². The summed E-state index contributed by atoms with van der Waals surface area (Å²) in [5.74, 6) is -0.154. The average molecular weight is 322 g/mol. The second kappa shape index (κ2) is 5.75. The molecule has 3 aromatic rings. The molecule has 2 aromatic carbocycles. The molecule has 0 fully saturated rings. The number of hydrogen-bond acceptors (Lipinski definition) is 3. The van der Waals surface area contributed by atoms with Gasteiger partial charge in [0.15, 0.2) is 0 Å². The van der Waals surface area contributed by atoms with E-state index in [2.05, 4.69) is 15.0 Å². The van der Waals surface area contributed by atoms with E-state index in [0.717, 1.165) is 0 Å². The van der Waals surface area contributed by atoms with Crippen molar-refractivity contribution in [3.63, 3.8) is 0 Å². The van der Waals surface area contributed by atoms with Crippen molar-refractivity contribution in [2.45, 2.75) is 6.36 Å². The molecule has 23 heavy (non-hydrogen) atoms. The lowest BCUT2D eigenvalue weighted by Crippen LogP contribution is -2.16. The number of benzene rings is 2. The number of halogens is 4. The second-order valence-corrected chi connectivity index (χ2v) is 4.73. The fourth-order valence-corrected chi connectivity index (χ4v) is 2.05. The molecule has 3 rings (SSSR count). The number of pyridine rings is 1. The summed E-state index contributed by atoms with van der Waals surface area (Å²) in [4.78, 5) is 4.30. The van der Waals surface area contributed by atoms with Crippen LogP contribution in [0.1, 0.15) is 0 Å². The van der Waals surface area contributed by atoms with Crippen LogP contribution in [0, 0.1) is 5.82 Å². The van der Waals surface area contributed by atoms with Gasteiger partial charge < -0.3 is 10.1 Å². The average Bonchev–Trinajstić information content (AvgIpc) is 2.48. The van der Waals surface area contributed by atoms with Gasteiger partial charge in [-0.25, -0.2) is 9.37 Å². The van der Waals surface area contributed by atoms with Crippen LogP contribution in [0.2, 0.25) is 0 Å². The zero-order valence-corrected chi connectivity index (χ0v) is 11.6. The van der Waals surface area contributed by atoms with Crippen LogP contribution in [0.5, 0.6) is 5.75 Å². The van der Waals surface area contributed by atoms with E-state index in [9.17, 15) is 17.6 Å². The van der Waals surface area contributed by atoms with Crippen molar-refractivity contribution in [3.8, 4) is 5.75 Å². The fraction of sp³-hybridized carbons (Fsp3) is 0.0625. The molecule has 0 radical (unpaired) electrons. The highest BCUT2D eigenvalue weighted by atomic mass is 19.4. The highest BCUT2D eigenvalue weighted by molar-refractivity contribution is 5.80. The largest absolute Gasteiger partial charge is 0.573 e. The first-order chi connectivity index (χ1) is 10.9. The summed E-state index contributed by atoms with van der Waals surface area (Å²) < 4.78 is 53.2. The van der Waals surface area contributed by atoms with Crippen LogP contribution in [0.3, 0.4) is 0 Å². The number of rotatable bonds is 3. The Morgan fingerprint density at radius 1 is 0.913 bits per heavy atom. The Kier molecular flexibility index (Phi) is 3.77. The molecule has 0 aliphatic carbocycles. The van der Waals surface area contributed by atoms with Gasteiger partial charge in [-0.05, 0) is 54.6 Å². The fourth-order valence-electron chi connectivity index (χ4n) is 2.05. The topological polar surface area (TPSA) is 34.2 Å². The molecular formula is C16H10F4N2O. The number of anilines is 2. The van der Waals surface area contributed by atoms with Crippen molar-refractivity contribution >= 4 is 22.4 Å². The predicted molar refractivity (Wildman–Crippen MR) is 78.1 cm³/mol. The molecule has 1 aromatic heterocycles. The van der Waals surface area contributed by atoms with Gasteiger partial charge in [0, 0.05) is 11.1 Å². The van der Waals surface area contributed by atoms with Gasteiger partial charge in [-0.3, -0.25) is 0 Å². The monoisotopic (exact) mass is 322 g/mol. The van der Waals surface area contributed by atoms with Crippen molar-refractivity contribution < 1.29 is 22.3 Å². The van der Waals surface area contributed by atoms with Crippen LogP contribution in [0.25, 0.3) is 10.9 Å². The SMILES string of the molecule is Fc1ccc2nc(Nc3ccc(OC(F)(F)F)cc3)ccc2c1. The van der Waals surface area contributed by atoms with E-state index >= 15 is 0 Å². The van der Waals surface area contributed by atoms with Crippen LogP contribution in [0.4, 0.5) is 29.1 Å². The molecule has 0 saturated carbocycles. The third-order valence-corrected chi connectivity index (χ3v) is 3.01. The summed E-state index contributed by atoms with van der Waals surface area (Å²) in [6.45, 7) is 0. The lowest BCUT2D eigenvalue weighted by atomic mass is 10.2. The minimum absolute atomic E-state index is 0.301. The maximum absolute atomic E-state index is 13.1. The molecule has 3 nitrogen and oxygen atoms in total. The first-order valence-corrected chi connectivity index (χ1v) is 6.58. The van der Waals surface area contributed by atoms with E-state index < -0.39 is 6.36 Å². The molecule has 0 saturated heterocycles. The van der Waals surface area contributed by atoms with E-state index in [4.69, 9.17) is 0 Å². The minimum atomic E-state index is -4.72. The lowest BCUT2D eigenvalue weighted by Gasteiger charge is -2.10. The Hall–Kier alpha value is -2.83. The molecule has 0 amide bonds. The van der Waals surface area contributed by atoms with Gasteiger partial charge in [0.2, 0.25) is 0 Å². The Labute approximate surface area is 128 Å². The molecule has 1 N–H and O–H groups in total. The van der Waals surface area contributed by atoms with E-state index in [1.807, 2.05) is 0 Å². The summed E-state index contributed by atoms with van der Waals surface area (Å²) in [5, 5.41) is 3.62. The minimum Gasteiger partial charge on any atom is -0.406 e. The van der Waals surface area contributed by atoms with Crippen molar-refractivity contribution in [2.75, 3.05) is 5.32 Å². The Balaban J connectivity index is 1.77. The van der Waals surface area contributed by atoms with Crippen molar-refractivity contribution in [2.24, 2.45) is 0 Å². The molecule has 1 heterocycles. The number of ether oxygens (including phenoxy) is 1. The van der Waals surface area contributed by atoms with Crippen LogP contribution in [-0.2, 0) is 0 Å². The third-order valence-electron chi connectivity index (χ3n) is 3.01. The molecule has 0 aliphatic rings. The number of hydrogen-bond donors (Lipinski definition) is 1. The van der Waals surface area contributed by atoms with Gasteiger partial charge >= 0.3 is 6.36 Å². The smallest absolute Gasteiger partial charge is 0.406 e. The zero-order chi connectivity index (χ0) is 16.4. The summed E-state index contributed by atoms with van der Waals surface area (Å²) in [5.41, 5.74) is 1.15. The van der Waals surface area contributed by atoms with Crippen LogP contribution < -0.4 is 10.1 Å². The molecule has 0 atom stereocenters. The van der Waals surface area contributed by atoms with Crippen LogP contribution >= 0.6 is 0 Å². The van der Waals surface area contributed by atoms with E-state index in [-0.39, 0.29) is 11.6 Å². The van der Waals surface area contributed by atoms with Crippen molar-refractivity contribution in [1.29, 1.82) is 0 Å². The van der Waals surface area contributed by atoms with Gasteiger partial charge in [0.25, 0.3) is 0 Å². The summed E-state index contributed by atoms with van der Waals surface area (Å²) >= 11 is 0. The first kappa shape index (κ1) is 15.1. The number of nitrogens with one attached hydrogen (secondary N) is 1. The second-order valence-electron chi connectivity index (χ2n) is 4.73. The standard InChI is InChI=1S/C16H10F4N2O/c17-11-2-7-14-10(9-11)1-8-15(22-14)21-12-3-5-13(6-4-12)23-16(18,19)20/h1-9H,(H,21,22). The number of nitrogens with zero attached hydrogens (tertiary/aromatic N) is 1. The summed E-state index contributed by atoms with van der Waals surface area (Å²) in [6, 6.07) is 12.9.